The Balaban J connectivity index is 1.59. The molecule has 2 N–H and O–H groups in total. The maximum Gasteiger partial charge on any atom is 0.303 e. The minimum atomic E-state index is -1.28. The molecule has 4 aliphatic carbocycles. The van der Waals surface area contributed by atoms with Crippen molar-refractivity contribution in [2.75, 3.05) is 0 Å². The van der Waals surface area contributed by atoms with Crippen LogP contribution in [0.25, 0.3) is 0 Å². The van der Waals surface area contributed by atoms with Gasteiger partial charge < -0.3 is 10.2 Å². The first-order valence-electron chi connectivity index (χ1n) is 12.3. The van der Waals surface area contributed by atoms with Gasteiger partial charge >= 0.3 is 5.97 Å². The Labute approximate surface area is 193 Å². The molecule has 0 saturated heterocycles. The number of hydrogen-bond acceptors (Lipinski definition) is 2. The van der Waals surface area contributed by atoms with Crippen LogP contribution in [0.1, 0.15) is 78.6 Å². The zero-order chi connectivity index (χ0) is 23.0. The molecule has 7 heteroatoms. The van der Waals surface area contributed by atoms with E-state index in [-0.39, 0.29) is 23.2 Å². The van der Waals surface area contributed by atoms with Gasteiger partial charge in [0.2, 0.25) is 0 Å². The van der Waals surface area contributed by atoms with Gasteiger partial charge in [0, 0.05) is 12.5 Å². The normalized spacial score (nSPS) is 48.8. The lowest BCUT2D eigenvalue weighted by Crippen LogP contribution is -2.62. The fourth-order valence-corrected chi connectivity index (χ4v) is 9.47. The van der Waals surface area contributed by atoms with Gasteiger partial charge in [0.05, 0.1) is 31.4 Å². The lowest BCUT2D eigenvalue weighted by atomic mass is 9.24. The molecule has 4 rings (SSSR count). The molecule has 0 heterocycles. The van der Waals surface area contributed by atoms with Crippen LogP contribution in [0.5, 0.6) is 0 Å². The summed E-state index contributed by atoms with van der Waals surface area (Å²) in [5.74, 6) is 2.03. The van der Waals surface area contributed by atoms with Crippen molar-refractivity contribution < 1.29 is 15.0 Å². The smallest absolute Gasteiger partial charge is 0.303 e. The summed E-state index contributed by atoms with van der Waals surface area (Å²) < 4.78 is 0. The van der Waals surface area contributed by atoms with Crippen molar-refractivity contribution >= 4 is 37.4 Å². The topological polar surface area (TPSA) is 57.5 Å². The second-order valence-electron chi connectivity index (χ2n) is 12.3. The molecule has 0 spiro atoms. The lowest BCUT2D eigenvalue weighted by molar-refractivity contribution is -0.140. The predicted molar refractivity (Wildman–Crippen MR) is 126 cm³/mol. The Bertz CT molecular complexity index is 728. The average Bonchev–Trinajstić information content (AvgIpc) is 3.01. The third-order valence-corrected chi connectivity index (χ3v) is 10.7. The number of aliphatic carboxylic acids is 1. The van der Waals surface area contributed by atoms with Gasteiger partial charge in [-0.25, -0.2) is 0 Å². The number of fused-ring (bicyclic) bond motifs is 5. The van der Waals surface area contributed by atoms with Gasteiger partial charge in [0.1, 0.15) is 0 Å². The summed E-state index contributed by atoms with van der Waals surface area (Å²) in [5, 5.41) is 17.3. The van der Waals surface area contributed by atoms with Crippen molar-refractivity contribution in [1.29, 1.82) is 0 Å². The van der Waals surface area contributed by atoms with Crippen LogP contribution in [0.2, 0.25) is 10.4 Å². The van der Waals surface area contributed by atoms with E-state index in [1.54, 1.807) is 0 Å². The Hall–Kier alpha value is -0.310. The molecule has 0 amide bonds. The largest absolute Gasteiger partial charge is 0.481 e. The fraction of sp³-hybridized carbons (Fsp3) is 0.958. The molecule has 8 radical (unpaired) electrons. The number of carboxylic acid groups (broad SMARTS) is 1. The summed E-state index contributed by atoms with van der Waals surface area (Å²) in [5.41, 5.74) is 0.0883. The van der Waals surface area contributed by atoms with Crippen molar-refractivity contribution in [1.82, 2.24) is 0 Å². The SMILES string of the molecule is [B]C1([B])C[C@@]2(C)[C@H](CC[C@@H]3[C@@H]2CC[C@]2(C)[C@@H]([C@H](C)CCC(=O)O)CC[C@@H]32)C([B])([B])[C@H]1O. The Morgan fingerprint density at radius 3 is 2.29 bits per heavy atom. The van der Waals surface area contributed by atoms with Gasteiger partial charge in [-0.05, 0) is 84.9 Å². The second kappa shape index (κ2) is 7.60. The second-order valence-corrected chi connectivity index (χ2v) is 12.3. The van der Waals surface area contributed by atoms with E-state index in [1.165, 1.54) is 12.8 Å². The van der Waals surface area contributed by atoms with Gasteiger partial charge in [-0.15, -0.1) is 0 Å². The van der Waals surface area contributed by atoms with Gasteiger partial charge in [-0.2, -0.15) is 0 Å². The van der Waals surface area contributed by atoms with E-state index in [4.69, 9.17) is 36.5 Å². The van der Waals surface area contributed by atoms with Gasteiger partial charge in [-0.1, -0.05) is 44.0 Å². The highest BCUT2D eigenvalue weighted by molar-refractivity contribution is 6.45. The van der Waals surface area contributed by atoms with Crippen LogP contribution in [-0.2, 0) is 4.79 Å². The van der Waals surface area contributed by atoms with E-state index < -0.39 is 22.5 Å². The molecule has 0 aromatic carbocycles. The molecule has 0 bridgehead atoms. The zero-order valence-electron chi connectivity index (χ0n) is 19.5. The number of hydrogen-bond donors (Lipinski definition) is 2. The summed E-state index contributed by atoms with van der Waals surface area (Å²) in [7, 11) is 25.8. The molecule has 9 atom stereocenters. The third-order valence-electron chi connectivity index (χ3n) is 10.7. The van der Waals surface area contributed by atoms with E-state index >= 15 is 0 Å². The lowest BCUT2D eigenvalue weighted by Gasteiger charge is -2.68. The van der Waals surface area contributed by atoms with E-state index in [2.05, 4.69) is 20.8 Å². The minimum Gasteiger partial charge on any atom is -0.481 e. The Morgan fingerprint density at radius 2 is 1.65 bits per heavy atom. The van der Waals surface area contributed by atoms with Crippen molar-refractivity contribution in [3.63, 3.8) is 0 Å². The van der Waals surface area contributed by atoms with Gasteiger partial charge in [-0.3, -0.25) is 4.79 Å². The first-order chi connectivity index (χ1) is 14.2. The maximum atomic E-state index is 11.1. The summed E-state index contributed by atoms with van der Waals surface area (Å²) in [6.45, 7) is 6.99. The molecular formula is C24H36B4O3. The van der Waals surface area contributed by atoms with E-state index in [9.17, 15) is 9.90 Å². The van der Waals surface area contributed by atoms with E-state index in [1.807, 2.05) is 0 Å². The van der Waals surface area contributed by atoms with Crippen molar-refractivity contribution in [2.24, 2.45) is 46.3 Å². The Kier molecular flexibility index (Phi) is 5.85. The Morgan fingerprint density at radius 1 is 1.00 bits per heavy atom. The molecule has 4 fully saturated rings. The molecule has 0 aliphatic heterocycles. The summed E-state index contributed by atoms with van der Waals surface area (Å²) in [6, 6.07) is 0. The van der Waals surface area contributed by atoms with Crippen LogP contribution >= 0.6 is 0 Å². The van der Waals surface area contributed by atoms with Crippen LogP contribution in [0.3, 0.4) is 0 Å². The maximum absolute atomic E-state index is 11.1. The molecule has 31 heavy (non-hydrogen) atoms. The molecule has 4 saturated carbocycles. The highest BCUT2D eigenvalue weighted by atomic mass is 16.4. The molecule has 0 unspecified atom stereocenters. The van der Waals surface area contributed by atoms with Crippen molar-refractivity contribution in [3.05, 3.63) is 0 Å². The van der Waals surface area contributed by atoms with Gasteiger partial charge in [0.15, 0.2) is 0 Å². The quantitative estimate of drug-likeness (QED) is 0.689. The zero-order valence-corrected chi connectivity index (χ0v) is 19.5. The number of rotatable bonds is 4. The highest BCUT2D eigenvalue weighted by Gasteiger charge is 2.65. The van der Waals surface area contributed by atoms with Crippen molar-refractivity contribution in [3.8, 4) is 0 Å². The standard InChI is InChI=1S/C24H36B4O3/c1-13(4-9-19(29)30)15-6-7-16-14-5-8-18-22(3,17(14)10-11-21(15,16)2)12-23(25,26)20(31)24(18,27)28/h13-18,20,31H,4-12H2,1-3H3,(H,29,30)/t13-,14+,15-,16+,17+,18+,20+,21-,22-/m1/s1. The number of carboxylic acids is 1. The summed E-state index contributed by atoms with van der Waals surface area (Å²) in [4.78, 5) is 11.1. The molecule has 0 aromatic heterocycles. The van der Waals surface area contributed by atoms with Crippen LogP contribution in [-0.4, -0.2) is 53.7 Å². The molecule has 4 aliphatic rings. The average molecular weight is 416 g/mol. The molecule has 0 aromatic rings. The first-order valence-corrected chi connectivity index (χ1v) is 12.3. The third kappa shape index (κ3) is 3.50. The number of carbonyl (C=O) groups is 1. The molecular weight excluding hydrogens is 380 g/mol. The first kappa shape index (κ1) is 23.8. The predicted octanol–water partition coefficient (Wildman–Crippen LogP) is 3.63. The van der Waals surface area contributed by atoms with Crippen LogP contribution in [0.15, 0.2) is 0 Å². The van der Waals surface area contributed by atoms with Crippen LogP contribution in [0, 0.1) is 46.3 Å². The highest BCUT2D eigenvalue weighted by Crippen LogP contribution is 2.72. The summed E-state index contributed by atoms with van der Waals surface area (Å²) >= 11 is 0. The fourth-order valence-electron chi connectivity index (χ4n) is 9.47. The minimum absolute atomic E-state index is 0.00696. The van der Waals surface area contributed by atoms with Crippen LogP contribution in [0.4, 0.5) is 0 Å². The number of aliphatic hydroxyl groups excluding tert-OH is 1. The summed E-state index contributed by atoms with van der Waals surface area (Å²) in [6.07, 6.45) is 7.12. The van der Waals surface area contributed by atoms with E-state index in [0.29, 0.717) is 36.0 Å². The van der Waals surface area contributed by atoms with Crippen molar-refractivity contribution in [2.45, 2.75) is 95.1 Å². The molecule has 3 nitrogen and oxygen atoms in total. The van der Waals surface area contributed by atoms with E-state index in [0.717, 1.165) is 32.1 Å². The van der Waals surface area contributed by atoms with Gasteiger partial charge in [0.25, 0.3) is 0 Å². The molecule has 162 valence electrons. The number of aliphatic hydroxyl groups is 1. The monoisotopic (exact) mass is 416 g/mol. The van der Waals surface area contributed by atoms with Crippen LogP contribution < -0.4 is 0 Å².